The highest BCUT2D eigenvalue weighted by molar-refractivity contribution is 5.67. The Kier molecular flexibility index (Phi) is 4.91. The van der Waals surface area contributed by atoms with Gasteiger partial charge in [0.1, 0.15) is 11.4 Å². The van der Waals surface area contributed by atoms with Crippen LogP contribution in [-0.2, 0) is 6.54 Å². The molecule has 0 spiro atoms. The van der Waals surface area contributed by atoms with E-state index in [-0.39, 0.29) is 23.1 Å². The molecule has 2 aromatic rings. The van der Waals surface area contributed by atoms with Crippen LogP contribution in [0.4, 0.5) is 17.2 Å². The van der Waals surface area contributed by atoms with Gasteiger partial charge in [-0.1, -0.05) is 18.5 Å². The number of azo groups is 1. The minimum atomic E-state index is -0.482. The first-order chi connectivity index (χ1) is 11.0. The van der Waals surface area contributed by atoms with Crippen LogP contribution in [0.2, 0.25) is 0 Å². The minimum Gasteiger partial charge on any atom is -0.503 e. The van der Waals surface area contributed by atoms with E-state index >= 15 is 0 Å². The zero-order valence-corrected chi connectivity index (χ0v) is 13.2. The Hall–Kier alpha value is -2.95. The molecule has 8 nitrogen and oxygen atoms in total. The monoisotopic (exact) mass is 315 g/mol. The van der Waals surface area contributed by atoms with Crippen LogP contribution in [0.5, 0.6) is 5.88 Å². The molecule has 0 aromatic carbocycles. The second kappa shape index (κ2) is 6.87. The fourth-order valence-corrected chi connectivity index (χ4v) is 2.07. The number of aryl methyl sites for hydroxylation is 1. The van der Waals surface area contributed by atoms with Gasteiger partial charge in [-0.3, -0.25) is 9.36 Å². The summed E-state index contributed by atoms with van der Waals surface area (Å²) < 4.78 is 6.04. The van der Waals surface area contributed by atoms with Gasteiger partial charge in [0.05, 0.1) is 6.57 Å². The number of pyridine rings is 1. The van der Waals surface area contributed by atoms with Crippen LogP contribution in [0.15, 0.2) is 25.6 Å². The lowest BCUT2D eigenvalue weighted by Gasteiger charge is -2.12. The molecule has 0 atom stereocenters. The highest BCUT2D eigenvalue weighted by Crippen LogP contribution is 2.34. The highest BCUT2D eigenvalue weighted by atomic mass is 16.5. The van der Waals surface area contributed by atoms with E-state index in [1.165, 1.54) is 0 Å². The number of rotatable bonds is 5. The maximum atomic E-state index is 12.5. The summed E-state index contributed by atoms with van der Waals surface area (Å²) in [5, 5.41) is 21.6. The van der Waals surface area contributed by atoms with Gasteiger partial charge in [-0.25, -0.2) is 4.85 Å². The van der Waals surface area contributed by atoms with Crippen molar-refractivity contribution in [2.45, 2.75) is 40.2 Å². The summed E-state index contributed by atoms with van der Waals surface area (Å²) in [6.45, 7) is 12.8. The van der Waals surface area contributed by atoms with Crippen molar-refractivity contribution in [1.82, 2.24) is 9.72 Å². The van der Waals surface area contributed by atoms with Crippen LogP contribution in [0.1, 0.15) is 31.1 Å². The molecule has 0 aliphatic heterocycles. The topological polar surface area (TPSA) is 97.3 Å². The van der Waals surface area contributed by atoms with E-state index < -0.39 is 5.56 Å². The predicted molar refractivity (Wildman–Crippen MR) is 83.7 cm³/mol. The van der Waals surface area contributed by atoms with Gasteiger partial charge in [0.2, 0.25) is 11.5 Å². The molecule has 0 bridgehead atoms. The lowest BCUT2D eigenvalue weighted by atomic mass is 10.2. The van der Waals surface area contributed by atoms with Gasteiger partial charge in [0.15, 0.2) is 5.88 Å². The minimum absolute atomic E-state index is 0.00554. The van der Waals surface area contributed by atoms with Crippen LogP contribution in [0.3, 0.4) is 0 Å². The van der Waals surface area contributed by atoms with Crippen LogP contribution < -0.4 is 5.56 Å². The first kappa shape index (κ1) is 16.4. The van der Waals surface area contributed by atoms with Crippen molar-refractivity contribution >= 4 is 17.2 Å². The zero-order chi connectivity index (χ0) is 17.0. The smallest absolute Gasteiger partial charge is 0.279 e. The Labute approximate surface area is 132 Å². The molecule has 0 amide bonds. The lowest BCUT2D eigenvalue weighted by Crippen LogP contribution is -2.20. The van der Waals surface area contributed by atoms with E-state index in [0.717, 1.165) is 11.0 Å². The first-order valence-corrected chi connectivity index (χ1v) is 7.18. The van der Waals surface area contributed by atoms with Gasteiger partial charge in [0, 0.05) is 12.6 Å². The number of aromatic hydroxyl groups is 1. The van der Waals surface area contributed by atoms with Crippen molar-refractivity contribution in [3.05, 3.63) is 39.2 Å². The summed E-state index contributed by atoms with van der Waals surface area (Å²) in [6, 6.07) is 1.57. The third-order valence-electron chi connectivity index (χ3n) is 3.34. The molecule has 0 fully saturated rings. The normalized spacial score (nSPS) is 11.0. The summed E-state index contributed by atoms with van der Waals surface area (Å²) in [5.74, 6) is 0.481. The molecule has 23 heavy (non-hydrogen) atoms. The third-order valence-corrected chi connectivity index (χ3v) is 3.34. The van der Waals surface area contributed by atoms with Gasteiger partial charge in [-0.2, -0.15) is 0 Å². The van der Waals surface area contributed by atoms with Crippen molar-refractivity contribution < 1.29 is 9.63 Å². The number of unbranched alkanes of at least 4 members (excludes halogenated alkanes) is 1. The van der Waals surface area contributed by atoms with E-state index in [2.05, 4.69) is 20.2 Å². The largest absolute Gasteiger partial charge is 0.503 e. The van der Waals surface area contributed by atoms with Gasteiger partial charge < -0.3 is 9.63 Å². The van der Waals surface area contributed by atoms with Crippen molar-refractivity contribution in [2.75, 3.05) is 0 Å². The standard InChI is InChI=1S/C15H17N5O3/c1-5-6-7-20-14(21)12(16-4)10(3)13(15(20)22)18-17-11-8-9(2)23-19-11/h8,21H,5-7H2,1-3H3. The molecule has 0 aliphatic carbocycles. The van der Waals surface area contributed by atoms with E-state index in [9.17, 15) is 9.90 Å². The Balaban J connectivity index is 2.56. The van der Waals surface area contributed by atoms with Gasteiger partial charge in [-0.05, 0) is 25.8 Å². The van der Waals surface area contributed by atoms with Crippen molar-refractivity contribution in [2.24, 2.45) is 10.2 Å². The van der Waals surface area contributed by atoms with E-state index in [0.29, 0.717) is 24.3 Å². The quantitative estimate of drug-likeness (QED) is 0.667. The lowest BCUT2D eigenvalue weighted by molar-refractivity contribution is 0.398. The van der Waals surface area contributed by atoms with E-state index in [4.69, 9.17) is 11.1 Å². The molecule has 0 aliphatic rings. The van der Waals surface area contributed by atoms with E-state index in [1.807, 2.05) is 6.92 Å². The molecule has 0 radical (unpaired) electrons. The maximum Gasteiger partial charge on any atom is 0.279 e. The predicted octanol–water partition coefficient (Wildman–Crippen LogP) is 3.93. The number of hydrogen-bond donors (Lipinski definition) is 1. The fraction of sp³-hybridized carbons (Fsp3) is 0.400. The van der Waals surface area contributed by atoms with E-state index in [1.54, 1.807) is 19.9 Å². The molecule has 0 unspecified atom stereocenters. The summed E-state index contributed by atoms with van der Waals surface area (Å²) in [4.78, 5) is 15.8. The molecular formula is C15H17N5O3. The van der Waals surface area contributed by atoms with Crippen LogP contribution in [0, 0.1) is 20.4 Å². The molecule has 1 N–H and O–H groups in total. The fourth-order valence-electron chi connectivity index (χ4n) is 2.07. The van der Waals surface area contributed by atoms with Crippen LogP contribution in [-0.4, -0.2) is 14.8 Å². The third kappa shape index (κ3) is 3.29. The second-order valence-electron chi connectivity index (χ2n) is 5.06. The SMILES string of the molecule is [C-]#[N+]c1c(C)c(N=Nc2cc(C)on2)c(=O)n(CCCC)c1O. The summed E-state index contributed by atoms with van der Waals surface area (Å²) >= 11 is 0. The molecule has 2 aromatic heterocycles. The van der Waals surface area contributed by atoms with Gasteiger partial charge >= 0.3 is 0 Å². The maximum absolute atomic E-state index is 12.5. The van der Waals surface area contributed by atoms with Crippen molar-refractivity contribution in [3.63, 3.8) is 0 Å². The Bertz CT molecular complexity index is 842. The number of aromatic nitrogens is 2. The zero-order valence-electron chi connectivity index (χ0n) is 13.2. The molecule has 8 heteroatoms. The number of hydrogen-bond acceptors (Lipinski definition) is 6. The first-order valence-electron chi connectivity index (χ1n) is 7.18. The molecule has 120 valence electrons. The molecule has 0 saturated carbocycles. The second-order valence-corrected chi connectivity index (χ2v) is 5.06. The molecule has 0 saturated heterocycles. The summed E-state index contributed by atoms with van der Waals surface area (Å²) in [5.41, 5.74) is -0.166. The van der Waals surface area contributed by atoms with Crippen molar-refractivity contribution in [1.29, 1.82) is 0 Å². The summed E-state index contributed by atoms with van der Waals surface area (Å²) in [7, 11) is 0. The number of nitrogens with zero attached hydrogens (tertiary/aromatic N) is 5. The summed E-state index contributed by atoms with van der Waals surface area (Å²) in [6.07, 6.45) is 1.55. The van der Waals surface area contributed by atoms with Crippen LogP contribution >= 0.6 is 0 Å². The molecule has 2 rings (SSSR count). The average molecular weight is 315 g/mol. The highest BCUT2D eigenvalue weighted by Gasteiger charge is 2.19. The van der Waals surface area contributed by atoms with Crippen molar-refractivity contribution in [3.8, 4) is 5.88 Å². The Morgan fingerprint density at radius 3 is 2.74 bits per heavy atom. The van der Waals surface area contributed by atoms with Gasteiger partial charge in [0.25, 0.3) is 5.56 Å². The molecule has 2 heterocycles. The van der Waals surface area contributed by atoms with Gasteiger partial charge in [-0.15, -0.1) is 10.2 Å². The molecular weight excluding hydrogens is 298 g/mol. The Morgan fingerprint density at radius 1 is 1.43 bits per heavy atom. The average Bonchev–Trinajstić information content (AvgIpc) is 2.93. The Morgan fingerprint density at radius 2 is 2.17 bits per heavy atom. The van der Waals surface area contributed by atoms with Crippen LogP contribution in [0.25, 0.3) is 4.85 Å².